The van der Waals surface area contributed by atoms with Crippen molar-refractivity contribution in [3.8, 4) is 0 Å². The molecule has 60 valence electrons. The molecule has 3 heteroatoms. The van der Waals surface area contributed by atoms with Crippen LogP contribution in [0, 0.1) is 0 Å². The van der Waals surface area contributed by atoms with E-state index in [0.29, 0.717) is 6.54 Å². The largest absolute Gasteiger partial charge is 0.399 e. The quantitative estimate of drug-likeness (QED) is 0.528. The first-order valence-corrected chi connectivity index (χ1v) is 4.50. The zero-order valence-electron chi connectivity index (χ0n) is 6.29. The van der Waals surface area contributed by atoms with Gasteiger partial charge in [-0.2, -0.15) is 0 Å². The normalized spacial score (nSPS) is 9.91. The van der Waals surface area contributed by atoms with E-state index in [1.807, 2.05) is 24.3 Å². The lowest BCUT2D eigenvalue weighted by molar-refractivity contribution is 1.15. The monoisotopic (exact) mass is 168 g/mol. The Bertz CT molecular complexity index is 225. The lowest BCUT2D eigenvalue weighted by atomic mass is 10.3. The SMILES string of the molecule is NCCSc1cccc(N)c1. The highest BCUT2D eigenvalue weighted by Gasteiger charge is 1.91. The molecular formula is C8H12N2S. The summed E-state index contributed by atoms with van der Waals surface area (Å²) in [5.41, 5.74) is 11.8. The summed E-state index contributed by atoms with van der Waals surface area (Å²) in [4.78, 5) is 1.19. The number of hydrogen-bond donors (Lipinski definition) is 2. The van der Waals surface area contributed by atoms with Gasteiger partial charge in [-0.25, -0.2) is 0 Å². The van der Waals surface area contributed by atoms with Crippen molar-refractivity contribution < 1.29 is 0 Å². The number of nitrogens with two attached hydrogens (primary N) is 2. The van der Waals surface area contributed by atoms with Gasteiger partial charge >= 0.3 is 0 Å². The summed E-state index contributed by atoms with van der Waals surface area (Å²) >= 11 is 1.73. The summed E-state index contributed by atoms with van der Waals surface area (Å²) in [7, 11) is 0. The summed E-state index contributed by atoms with van der Waals surface area (Å²) in [5, 5.41) is 0. The Balaban J connectivity index is 2.56. The fraction of sp³-hybridized carbons (Fsp3) is 0.250. The van der Waals surface area contributed by atoms with Gasteiger partial charge in [-0.3, -0.25) is 0 Å². The van der Waals surface area contributed by atoms with Crippen molar-refractivity contribution in [2.24, 2.45) is 5.73 Å². The Kier molecular flexibility index (Phi) is 3.26. The first-order valence-electron chi connectivity index (χ1n) is 3.51. The number of rotatable bonds is 3. The maximum atomic E-state index is 5.59. The highest BCUT2D eigenvalue weighted by molar-refractivity contribution is 7.99. The average molecular weight is 168 g/mol. The van der Waals surface area contributed by atoms with Crippen LogP contribution in [-0.2, 0) is 0 Å². The van der Waals surface area contributed by atoms with E-state index in [2.05, 4.69) is 0 Å². The molecule has 2 nitrogen and oxygen atoms in total. The fourth-order valence-corrected chi connectivity index (χ4v) is 1.53. The second-order valence-corrected chi connectivity index (χ2v) is 3.38. The van der Waals surface area contributed by atoms with Crippen LogP contribution in [0.15, 0.2) is 29.2 Å². The van der Waals surface area contributed by atoms with Gasteiger partial charge in [0.15, 0.2) is 0 Å². The molecule has 0 aliphatic carbocycles. The van der Waals surface area contributed by atoms with Crippen LogP contribution in [0.5, 0.6) is 0 Å². The molecular weight excluding hydrogens is 156 g/mol. The molecule has 0 spiro atoms. The van der Waals surface area contributed by atoms with Crippen LogP contribution in [0.4, 0.5) is 5.69 Å². The highest BCUT2D eigenvalue weighted by Crippen LogP contribution is 2.18. The predicted molar refractivity (Wildman–Crippen MR) is 50.6 cm³/mol. The Morgan fingerprint density at radius 2 is 2.18 bits per heavy atom. The van der Waals surface area contributed by atoms with Gasteiger partial charge in [0.2, 0.25) is 0 Å². The second kappa shape index (κ2) is 4.26. The van der Waals surface area contributed by atoms with Crippen molar-refractivity contribution in [2.75, 3.05) is 18.0 Å². The topological polar surface area (TPSA) is 52.0 Å². The molecule has 0 atom stereocenters. The lowest BCUT2D eigenvalue weighted by Crippen LogP contribution is -2.00. The van der Waals surface area contributed by atoms with E-state index < -0.39 is 0 Å². The van der Waals surface area contributed by atoms with Crippen molar-refractivity contribution in [2.45, 2.75) is 4.90 Å². The first-order chi connectivity index (χ1) is 5.33. The minimum atomic E-state index is 0.708. The average Bonchev–Trinajstić information content (AvgIpc) is 2.01. The summed E-state index contributed by atoms with van der Waals surface area (Å²) in [6.07, 6.45) is 0. The predicted octanol–water partition coefficient (Wildman–Crippen LogP) is 1.32. The Labute approximate surface area is 71.0 Å². The van der Waals surface area contributed by atoms with Crippen molar-refractivity contribution >= 4 is 17.4 Å². The summed E-state index contributed by atoms with van der Waals surface area (Å²) in [6, 6.07) is 7.83. The van der Waals surface area contributed by atoms with E-state index in [1.165, 1.54) is 4.90 Å². The minimum Gasteiger partial charge on any atom is -0.399 e. The summed E-state index contributed by atoms with van der Waals surface area (Å²) in [6.45, 7) is 0.708. The number of anilines is 1. The third-order valence-corrected chi connectivity index (χ3v) is 2.27. The maximum Gasteiger partial charge on any atom is 0.0325 e. The van der Waals surface area contributed by atoms with Crippen LogP contribution in [0.25, 0.3) is 0 Å². The van der Waals surface area contributed by atoms with Crippen LogP contribution < -0.4 is 11.5 Å². The molecule has 11 heavy (non-hydrogen) atoms. The highest BCUT2D eigenvalue weighted by atomic mass is 32.2. The first kappa shape index (κ1) is 8.43. The van der Waals surface area contributed by atoms with Gasteiger partial charge in [0, 0.05) is 22.9 Å². The molecule has 0 aliphatic rings. The summed E-state index contributed by atoms with van der Waals surface area (Å²) in [5.74, 6) is 0.948. The standard InChI is InChI=1S/C8H12N2S/c9-4-5-11-8-3-1-2-7(10)6-8/h1-3,6H,4-5,9-10H2. The molecule has 0 unspecified atom stereocenters. The van der Waals surface area contributed by atoms with Gasteiger partial charge in [0.1, 0.15) is 0 Å². The number of hydrogen-bond acceptors (Lipinski definition) is 3. The third kappa shape index (κ3) is 2.82. The third-order valence-electron chi connectivity index (χ3n) is 1.24. The van der Waals surface area contributed by atoms with Crippen molar-refractivity contribution in [3.63, 3.8) is 0 Å². The van der Waals surface area contributed by atoms with Gasteiger partial charge in [0.25, 0.3) is 0 Å². The van der Waals surface area contributed by atoms with Crippen LogP contribution in [0.1, 0.15) is 0 Å². The maximum absolute atomic E-state index is 5.59. The van der Waals surface area contributed by atoms with Crippen molar-refractivity contribution in [3.05, 3.63) is 24.3 Å². The van der Waals surface area contributed by atoms with Crippen LogP contribution in [-0.4, -0.2) is 12.3 Å². The van der Waals surface area contributed by atoms with Gasteiger partial charge in [-0.15, -0.1) is 11.8 Å². The fourth-order valence-electron chi connectivity index (χ4n) is 0.781. The molecule has 1 aromatic carbocycles. The lowest BCUT2D eigenvalue weighted by Gasteiger charge is -1.99. The van der Waals surface area contributed by atoms with E-state index in [-0.39, 0.29) is 0 Å². The minimum absolute atomic E-state index is 0.708. The molecule has 0 saturated carbocycles. The van der Waals surface area contributed by atoms with Crippen LogP contribution in [0.2, 0.25) is 0 Å². The van der Waals surface area contributed by atoms with Gasteiger partial charge in [-0.05, 0) is 18.2 Å². The zero-order valence-corrected chi connectivity index (χ0v) is 7.10. The second-order valence-electron chi connectivity index (χ2n) is 2.21. The molecule has 1 rings (SSSR count). The van der Waals surface area contributed by atoms with Crippen LogP contribution in [0.3, 0.4) is 0 Å². The Morgan fingerprint density at radius 1 is 1.36 bits per heavy atom. The molecule has 0 radical (unpaired) electrons. The van der Waals surface area contributed by atoms with Crippen LogP contribution >= 0.6 is 11.8 Å². The molecule has 0 fully saturated rings. The molecule has 0 aliphatic heterocycles. The Morgan fingerprint density at radius 3 is 2.82 bits per heavy atom. The van der Waals surface area contributed by atoms with Gasteiger partial charge < -0.3 is 11.5 Å². The van der Waals surface area contributed by atoms with Gasteiger partial charge in [-0.1, -0.05) is 6.07 Å². The number of nitrogen functional groups attached to an aromatic ring is 1. The molecule has 0 amide bonds. The van der Waals surface area contributed by atoms with E-state index in [1.54, 1.807) is 11.8 Å². The zero-order chi connectivity index (χ0) is 8.10. The smallest absolute Gasteiger partial charge is 0.0325 e. The Hall–Kier alpha value is -0.670. The summed E-state index contributed by atoms with van der Waals surface area (Å²) < 4.78 is 0. The molecule has 0 aromatic heterocycles. The van der Waals surface area contributed by atoms with Crippen molar-refractivity contribution in [1.82, 2.24) is 0 Å². The van der Waals surface area contributed by atoms with Crippen molar-refractivity contribution in [1.29, 1.82) is 0 Å². The number of benzene rings is 1. The van der Waals surface area contributed by atoms with E-state index in [4.69, 9.17) is 11.5 Å². The molecule has 4 N–H and O–H groups in total. The number of thioether (sulfide) groups is 1. The van der Waals surface area contributed by atoms with E-state index in [0.717, 1.165) is 11.4 Å². The molecule has 1 aromatic rings. The molecule has 0 saturated heterocycles. The van der Waals surface area contributed by atoms with Gasteiger partial charge in [0.05, 0.1) is 0 Å². The van der Waals surface area contributed by atoms with E-state index in [9.17, 15) is 0 Å². The molecule has 0 heterocycles. The van der Waals surface area contributed by atoms with E-state index >= 15 is 0 Å². The molecule has 0 bridgehead atoms.